The molecule has 13 N–H and O–H groups in total. The number of hydrogen-bond acceptors (Lipinski definition) is 10. The molecular weight excluding hydrogens is 610 g/mol. The lowest BCUT2D eigenvalue weighted by molar-refractivity contribution is -0.143. The molecule has 2 heterocycles. The Morgan fingerprint density at radius 1 is 0.830 bits per heavy atom. The van der Waals surface area contributed by atoms with Crippen molar-refractivity contribution in [3.05, 3.63) is 12.2 Å². The summed E-state index contributed by atoms with van der Waals surface area (Å²) >= 11 is 0. The first-order valence-electron chi connectivity index (χ1n) is 16.8. The van der Waals surface area contributed by atoms with Crippen molar-refractivity contribution in [3.8, 4) is 0 Å². The zero-order valence-electron chi connectivity index (χ0n) is 27.3. The second kappa shape index (κ2) is 21.3. The second-order valence-corrected chi connectivity index (χ2v) is 12.2. The summed E-state index contributed by atoms with van der Waals surface area (Å²) in [5, 5.41) is 20.4. The molecule has 2 rings (SSSR count). The van der Waals surface area contributed by atoms with Gasteiger partial charge in [-0.2, -0.15) is 0 Å². The highest BCUT2D eigenvalue weighted by molar-refractivity contribution is 5.96. The number of rotatable bonds is 15. The highest BCUT2D eigenvalue weighted by Crippen LogP contribution is 2.21. The number of fused-ring (bicyclic) bond motifs is 1. The normalized spacial score (nSPS) is 26.0. The van der Waals surface area contributed by atoms with Crippen molar-refractivity contribution in [3.63, 3.8) is 0 Å². The lowest BCUT2D eigenvalue weighted by atomic mass is 10.0. The molecule has 6 atom stereocenters. The number of nitrogens with zero attached hydrogens (tertiary/aromatic N) is 1. The van der Waals surface area contributed by atoms with Crippen LogP contribution in [0.2, 0.25) is 0 Å². The first-order chi connectivity index (χ1) is 22.5. The van der Waals surface area contributed by atoms with Crippen LogP contribution in [-0.4, -0.2) is 108 Å². The number of carbonyl (C=O) groups excluding carboxylic acids is 5. The average molecular weight is 666 g/mol. The number of carboxylic acid groups (broad SMARTS) is 1. The third-order valence-corrected chi connectivity index (χ3v) is 8.44. The molecule has 2 aliphatic heterocycles. The van der Waals surface area contributed by atoms with Crippen LogP contribution in [0.5, 0.6) is 0 Å². The molecule has 1 fully saturated rings. The fourth-order valence-electron chi connectivity index (χ4n) is 5.67. The van der Waals surface area contributed by atoms with E-state index in [4.69, 9.17) is 22.9 Å². The van der Waals surface area contributed by atoms with Crippen LogP contribution in [0.25, 0.3) is 0 Å². The molecule has 5 amide bonds. The zero-order chi connectivity index (χ0) is 34.8. The van der Waals surface area contributed by atoms with Gasteiger partial charge in [-0.05, 0) is 103 Å². The van der Waals surface area contributed by atoms with E-state index >= 15 is 0 Å². The van der Waals surface area contributed by atoms with Crippen LogP contribution >= 0.6 is 0 Å². The van der Waals surface area contributed by atoms with Crippen LogP contribution < -0.4 is 44.2 Å². The quantitative estimate of drug-likeness (QED) is 0.0686. The molecule has 0 bridgehead atoms. The number of carbonyl (C=O) groups is 6. The summed E-state index contributed by atoms with van der Waals surface area (Å²) in [7, 11) is 0. The van der Waals surface area contributed by atoms with E-state index in [1.54, 1.807) is 12.2 Å². The number of nitrogens with two attached hydrogens (primary N) is 4. The van der Waals surface area contributed by atoms with Gasteiger partial charge >= 0.3 is 5.97 Å². The molecule has 47 heavy (non-hydrogen) atoms. The summed E-state index contributed by atoms with van der Waals surface area (Å²) in [5.41, 5.74) is 23.0. The molecule has 2 aliphatic rings. The van der Waals surface area contributed by atoms with Gasteiger partial charge in [0, 0.05) is 6.54 Å². The van der Waals surface area contributed by atoms with Gasteiger partial charge in [0.05, 0.1) is 6.04 Å². The van der Waals surface area contributed by atoms with Gasteiger partial charge in [-0.3, -0.25) is 24.0 Å². The van der Waals surface area contributed by atoms with Crippen LogP contribution in [0.1, 0.15) is 83.5 Å². The first-order valence-corrected chi connectivity index (χ1v) is 16.8. The lowest BCUT2D eigenvalue weighted by Gasteiger charge is -2.30. The van der Waals surface area contributed by atoms with Gasteiger partial charge in [0.1, 0.15) is 30.2 Å². The van der Waals surface area contributed by atoms with Gasteiger partial charge < -0.3 is 54.2 Å². The number of carboxylic acids is 1. The summed E-state index contributed by atoms with van der Waals surface area (Å²) in [4.78, 5) is 80.7. The molecule has 0 aromatic heterocycles. The standard InChI is InChI=1S/C31H55N9O7/c32-16-6-3-12-22-27(42)36-21(28(43)39-24(31(46)47)14-5-8-18-34)11-2-1-10-20(35)26(41)38-23(13-4-7-17-33)30(45)40-19-9-15-25(40)29(44)37-22/h1-2,20-25H,3-19,32-35H2,(H,36,42)(H,37,44)(H,38,41)(H,39,43)(H,46,47)/b2-1-/t20-,21-,22-,23-,24-,25-/m0/s1. The second-order valence-electron chi connectivity index (χ2n) is 12.2. The van der Waals surface area contributed by atoms with E-state index in [0.29, 0.717) is 84.0 Å². The monoisotopic (exact) mass is 665 g/mol. The molecule has 0 unspecified atom stereocenters. The van der Waals surface area contributed by atoms with Crippen LogP contribution in [0.4, 0.5) is 0 Å². The summed E-state index contributed by atoms with van der Waals surface area (Å²) < 4.78 is 0. The third kappa shape index (κ3) is 13.2. The Morgan fingerprint density at radius 2 is 1.43 bits per heavy atom. The fraction of sp³-hybridized carbons (Fsp3) is 0.742. The molecule has 0 aliphatic carbocycles. The molecule has 0 saturated carbocycles. The van der Waals surface area contributed by atoms with Gasteiger partial charge in [-0.15, -0.1) is 0 Å². The maximum atomic E-state index is 13.7. The maximum absolute atomic E-state index is 13.7. The fourth-order valence-corrected chi connectivity index (χ4v) is 5.67. The number of unbranched alkanes of at least 4 members (excludes halogenated alkanes) is 3. The minimum atomic E-state index is -1.22. The van der Waals surface area contributed by atoms with Gasteiger partial charge in [-0.25, -0.2) is 4.79 Å². The molecule has 0 spiro atoms. The third-order valence-electron chi connectivity index (χ3n) is 8.44. The number of aliphatic carboxylic acids is 1. The van der Waals surface area contributed by atoms with Crippen molar-refractivity contribution in [2.75, 3.05) is 26.2 Å². The minimum absolute atomic E-state index is 0.0406. The highest BCUT2D eigenvalue weighted by atomic mass is 16.4. The number of nitrogens with one attached hydrogen (secondary N) is 4. The van der Waals surface area contributed by atoms with Crippen molar-refractivity contribution < 1.29 is 33.9 Å². The molecule has 0 aromatic rings. The van der Waals surface area contributed by atoms with Crippen molar-refractivity contribution in [1.82, 2.24) is 26.2 Å². The van der Waals surface area contributed by atoms with Gasteiger partial charge in [0.15, 0.2) is 0 Å². The van der Waals surface area contributed by atoms with E-state index in [9.17, 15) is 33.9 Å². The van der Waals surface area contributed by atoms with Crippen molar-refractivity contribution >= 4 is 35.5 Å². The van der Waals surface area contributed by atoms with Crippen LogP contribution in [0.3, 0.4) is 0 Å². The summed E-state index contributed by atoms with van der Waals surface area (Å²) in [6, 6.07) is -6.22. The van der Waals surface area contributed by atoms with Gasteiger partial charge in [0.25, 0.3) is 0 Å². The molecule has 0 radical (unpaired) electrons. The van der Waals surface area contributed by atoms with Gasteiger partial charge in [-0.1, -0.05) is 12.2 Å². The molecule has 0 aromatic carbocycles. The lowest BCUT2D eigenvalue weighted by Crippen LogP contribution is -2.58. The molecule has 266 valence electrons. The van der Waals surface area contributed by atoms with E-state index in [0.717, 1.165) is 0 Å². The highest BCUT2D eigenvalue weighted by Gasteiger charge is 2.39. The van der Waals surface area contributed by atoms with E-state index in [2.05, 4.69) is 21.3 Å². The Kier molecular flexibility index (Phi) is 17.9. The van der Waals surface area contributed by atoms with Crippen molar-refractivity contribution in [1.29, 1.82) is 0 Å². The molecule has 16 nitrogen and oxygen atoms in total. The SMILES string of the molecule is NCCCC[C@H](NC(=O)[C@@H]1C/C=C\C[C@H](N)C(=O)N[C@@H](CCCCN)C(=O)N2CCC[C@H]2C(=O)N[C@@H](CCCCN)C(=O)N1)C(=O)O. The largest absolute Gasteiger partial charge is 0.480 e. The predicted octanol–water partition coefficient (Wildman–Crippen LogP) is -1.93. The van der Waals surface area contributed by atoms with Crippen LogP contribution in [0, 0.1) is 0 Å². The summed E-state index contributed by atoms with van der Waals surface area (Å²) in [6.07, 6.45) is 8.20. The average Bonchev–Trinajstić information content (AvgIpc) is 3.54. The minimum Gasteiger partial charge on any atom is -0.480 e. The number of hydrogen-bond donors (Lipinski definition) is 9. The van der Waals surface area contributed by atoms with Crippen LogP contribution in [0.15, 0.2) is 12.2 Å². The Bertz CT molecular complexity index is 1090. The number of amides is 5. The topological polar surface area (TPSA) is 278 Å². The predicted molar refractivity (Wildman–Crippen MR) is 175 cm³/mol. The van der Waals surface area contributed by atoms with Crippen LogP contribution in [-0.2, 0) is 28.8 Å². The van der Waals surface area contributed by atoms with E-state index in [-0.39, 0.29) is 25.7 Å². The van der Waals surface area contributed by atoms with E-state index < -0.39 is 71.8 Å². The first kappa shape index (κ1) is 39.6. The van der Waals surface area contributed by atoms with Crippen molar-refractivity contribution in [2.45, 2.75) is 120 Å². The van der Waals surface area contributed by atoms with Crippen molar-refractivity contribution in [2.24, 2.45) is 22.9 Å². The summed E-state index contributed by atoms with van der Waals surface area (Å²) in [5.74, 6) is -4.05. The Morgan fingerprint density at radius 3 is 2.06 bits per heavy atom. The Labute approximate surface area is 276 Å². The Balaban J connectivity index is 2.41. The molecule has 16 heteroatoms. The van der Waals surface area contributed by atoms with E-state index in [1.165, 1.54) is 4.90 Å². The van der Waals surface area contributed by atoms with E-state index in [1.807, 2.05) is 0 Å². The smallest absolute Gasteiger partial charge is 0.326 e. The Hall–Kier alpha value is -3.60. The zero-order valence-corrected chi connectivity index (χ0v) is 27.3. The maximum Gasteiger partial charge on any atom is 0.326 e. The summed E-state index contributed by atoms with van der Waals surface area (Å²) in [6.45, 7) is 1.48. The molecule has 1 saturated heterocycles. The molecular formula is C31H55N9O7. The van der Waals surface area contributed by atoms with Gasteiger partial charge in [0.2, 0.25) is 29.5 Å².